The third-order valence-corrected chi connectivity index (χ3v) is 3.56. The SMILES string of the molecule is NC(=S)c1cnc2ccccc2c1N1CCOCC1. The summed E-state index contributed by atoms with van der Waals surface area (Å²) in [5, 5.41) is 1.09. The fourth-order valence-corrected chi connectivity index (χ4v) is 2.58. The smallest absolute Gasteiger partial charge is 0.107 e. The van der Waals surface area contributed by atoms with Gasteiger partial charge in [0.2, 0.25) is 0 Å². The highest BCUT2D eigenvalue weighted by atomic mass is 32.1. The molecule has 1 fully saturated rings. The van der Waals surface area contributed by atoms with Crippen molar-refractivity contribution >= 4 is 33.8 Å². The van der Waals surface area contributed by atoms with Crippen LogP contribution in [0.25, 0.3) is 10.9 Å². The summed E-state index contributed by atoms with van der Waals surface area (Å²) in [4.78, 5) is 7.10. The largest absolute Gasteiger partial charge is 0.389 e. The fraction of sp³-hybridized carbons (Fsp3) is 0.286. The van der Waals surface area contributed by atoms with Gasteiger partial charge >= 0.3 is 0 Å². The molecule has 2 aromatic rings. The summed E-state index contributed by atoms with van der Waals surface area (Å²) in [6.07, 6.45) is 1.77. The molecule has 98 valence electrons. The van der Waals surface area contributed by atoms with Gasteiger partial charge < -0.3 is 15.4 Å². The molecule has 1 saturated heterocycles. The first kappa shape index (κ1) is 12.3. The number of fused-ring (bicyclic) bond motifs is 1. The van der Waals surface area contributed by atoms with Crippen LogP contribution in [0.3, 0.4) is 0 Å². The van der Waals surface area contributed by atoms with Crippen molar-refractivity contribution in [2.24, 2.45) is 5.73 Å². The molecule has 3 rings (SSSR count). The molecule has 0 aliphatic carbocycles. The van der Waals surface area contributed by atoms with E-state index in [0.29, 0.717) is 4.99 Å². The molecule has 0 radical (unpaired) electrons. The Morgan fingerprint density at radius 3 is 2.74 bits per heavy atom. The van der Waals surface area contributed by atoms with E-state index in [4.69, 9.17) is 22.7 Å². The standard InChI is InChI=1S/C14H15N3OS/c15-14(19)11-9-16-12-4-2-1-3-10(12)13(11)17-5-7-18-8-6-17/h1-4,9H,5-8H2,(H2,15,19). The van der Waals surface area contributed by atoms with Crippen molar-refractivity contribution in [3.8, 4) is 0 Å². The first-order chi connectivity index (χ1) is 9.27. The number of thiocarbonyl (C=S) groups is 1. The number of anilines is 1. The Hall–Kier alpha value is -1.72. The van der Waals surface area contributed by atoms with Gasteiger partial charge in [0.1, 0.15) is 4.99 Å². The van der Waals surface area contributed by atoms with Crippen molar-refractivity contribution in [2.45, 2.75) is 0 Å². The van der Waals surface area contributed by atoms with E-state index in [1.807, 2.05) is 18.2 Å². The van der Waals surface area contributed by atoms with Crippen LogP contribution < -0.4 is 10.6 Å². The van der Waals surface area contributed by atoms with Gasteiger partial charge in [-0.2, -0.15) is 0 Å². The summed E-state index contributed by atoms with van der Waals surface area (Å²) < 4.78 is 5.41. The Kier molecular flexibility index (Phi) is 3.31. The number of ether oxygens (including phenoxy) is 1. The highest BCUT2D eigenvalue weighted by Crippen LogP contribution is 2.30. The normalized spacial score (nSPS) is 15.7. The van der Waals surface area contributed by atoms with Crippen LogP contribution in [0.15, 0.2) is 30.5 Å². The molecule has 2 heterocycles. The third kappa shape index (κ3) is 2.27. The average molecular weight is 273 g/mol. The van der Waals surface area contributed by atoms with Gasteiger partial charge in [-0.3, -0.25) is 4.98 Å². The van der Waals surface area contributed by atoms with E-state index in [1.54, 1.807) is 6.20 Å². The van der Waals surface area contributed by atoms with Crippen molar-refractivity contribution in [3.63, 3.8) is 0 Å². The van der Waals surface area contributed by atoms with Gasteiger partial charge in [-0.25, -0.2) is 0 Å². The van der Waals surface area contributed by atoms with Crippen molar-refractivity contribution in [1.82, 2.24) is 4.98 Å². The monoisotopic (exact) mass is 273 g/mol. The number of nitrogens with two attached hydrogens (primary N) is 1. The van der Waals surface area contributed by atoms with Crippen LogP contribution in [-0.4, -0.2) is 36.3 Å². The molecule has 5 heteroatoms. The third-order valence-electron chi connectivity index (χ3n) is 3.34. The Bertz CT molecular complexity index is 623. The first-order valence-electron chi connectivity index (χ1n) is 6.27. The number of nitrogens with zero attached hydrogens (tertiary/aromatic N) is 2. The van der Waals surface area contributed by atoms with E-state index in [1.165, 1.54) is 0 Å². The predicted octanol–water partition coefficient (Wildman–Crippen LogP) is 1.71. The lowest BCUT2D eigenvalue weighted by atomic mass is 10.1. The number of morpholine rings is 1. The maximum atomic E-state index is 5.85. The van der Waals surface area contributed by atoms with E-state index < -0.39 is 0 Å². The van der Waals surface area contributed by atoms with Crippen molar-refractivity contribution < 1.29 is 4.74 Å². The van der Waals surface area contributed by atoms with Crippen LogP contribution in [0.1, 0.15) is 5.56 Å². The van der Waals surface area contributed by atoms with E-state index in [-0.39, 0.29) is 0 Å². The fourth-order valence-electron chi connectivity index (χ4n) is 2.43. The average Bonchev–Trinajstić information content (AvgIpc) is 2.46. The molecule has 0 spiro atoms. The van der Waals surface area contributed by atoms with E-state index in [9.17, 15) is 0 Å². The van der Waals surface area contributed by atoms with Crippen LogP contribution >= 0.6 is 12.2 Å². The Morgan fingerprint density at radius 2 is 2.00 bits per heavy atom. The molecule has 0 saturated carbocycles. The molecule has 0 unspecified atom stereocenters. The Morgan fingerprint density at radius 1 is 1.26 bits per heavy atom. The van der Waals surface area contributed by atoms with Gasteiger partial charge in [0.05, 0.1) is 30.0 Å². The first-order valence-corrected chi connectivity index (χ1v) is 6.68. The molecule has 1 aromatic heterocycles. The van der Waals surface area contributed by atoms with E-state index in [2.05, 4.69) is 16.0 Å². The van der Waals surface area contributed by atoms with Crippen LogP contribution in [0, 0.1) is 0 Å². The van der Waals surface area contributed by atoms with Crippen LogP contribution in [0.5, 0.6) is 0 Å². The zero-order valence-corrected chi connectivity index (χ0v) is 11.3. The topological polar surface area (TPSA) is 51.4 Å². The summed E-state index contributed by atoms with van der Waals surface area (Å²) in [6, 6.07) is 8.06. The van der Waals surface area contributed by atoms with E-state index in [0.717, 1.165) is 48.5 Å². The molecule has 2 N–H and O–H groups in total. The van der Waals surface area contributed by atoms with Gasteiger partial charge in [0.25, 0.3) is 0 Å². The number of hydrogen-bond acceptors (Lipinski definition) is 4. The molecular formula is C14H15N3OS. The zero-order chi connectivity index (χ0) is 13.2. The van der Waals surface area contributed by atoms with Crippen molar-refractivity contribution in [1.29, 1.82) is 0 Å². The van der Waals surface area contributed by atoms with Gasteiger partial charge in [-0.15, -0.1) is 0 Å². The molecule has 1 aliphatic heterocycles. The number of hydrogen-bond donors (Lipinski definition) is 1. The summed E-state index contributed by atoms with van der Waals surface area (Å²) >= 11 is 5.16. The number of rotatable bonds is 2. The molecule has 4 nitrogen and oxygen atoms in total. The minimum absolute atomic E-state index is 0.389. The molecule has 0 bridgehead atoms. The number of benzene rings is 1. The lowest BCUT2D eigenvalue weighted by molar-refractivity contribution is 0.123. The molecule has 0 amide bonds. The van der Waals surface area contributed by atoms with Crippen LogP contribution in [0.2, 0.25) is 0 Å². The van der Waals surface area contributed by atoms with Crippen molar-refractivity contribution in [2.75, 3.05) is 31.2 Å². The second-order valence-electron chi connectivity index (χ2n) is 4.50. The van der Waals surface area contributed by atoms with Gasteiger partial charge in [-0.05, 0) is 6.07 Å². The maximum Gasteiger partial charge on any atom is 0.107 e. The van der Waals surface area contributed by atoms with Gasteiger partial charge in [-0.1, -0.05) is 30.4 Å². The lowest BCUT2D eigenvalue weighted by Gasteiger charge is -2.31. The Balaban J connectivity index is 2.21. The highest BCUT2D eigenvalue weighted by Gasteiger charge is 2.19. The predicted molar refractivity (Wildman–Crippen MR) is 80.7 cm³/mol. The highest BCUT2D eigenvalue weighted by molar-refractivity contribution is 7.80. The van der Waals surface area contributed by atoms with Crippen LogP contribution in [-0.2, 0) is 4.74 Å². The van der Waals surface area contributed by atoms with Gasteiger partial charge in [0, 0.05) is 24.7 Å². The molecule has 19 heavy (non-hydrogen) atoms. The molecular weight excluding hydrogens is 258 g/mol. The Labute approximate surface area is 117 Å². The summed E-state index contributed by atoms with van der Waals surface area (Å²) in [6.45, 7) is 3.16. The van der Waals surface area contributed by atoms with Gasteiger partial charge in [0.15, 0.2) is 0 Å². The van der Waals surface area contributed by atoms with E-state index >= 15 is 0 Å². The lowest BCUT2D eigenvalue weighted by Crippen LogP contribution is -2.37. The molecule has 0 atom stereocenters. The van der Waals surface area contributed by atoms with Crippen molar-refractivity contribution in [3.05, 3.63) is 36.0 Å². The second kappa shape index (κ2) is 5.11. The summed E-state index contributed by atoms with van der Waals surface area (Å²) in [5.74, 6) is 0. The number of para-hydroxylation sites is 1. The molecule has 1 aliphatic rings. The molecule has 1 aromatic carbocycles. The summed E-state index contributed by atoms with van der Waals surface area (Å²) in [7, 11) is 0. The quantitative estimate of drug-likeness (QED) is 0.844. The number of aromatic nitrogens is 1. The number of pyridine rings is 1. The minimum atomic E-state index is 0.389. The van der Waals surface area contributed by atoms with Crippen LogP contribution in [0.4, 0.5) is 5.69 Å². The zero-order valence-electron chi connectivity index (χ0n) is 10.5. The maximum absolute atomic E-state index is 5.85. The second-order valence-corrected chi connectivity index (χ2v) is 4.94. The summed E-state index contributed by atoms with van der Waals surface area (Å²) in [5.41, 5.74) is 8.74. The minimum Gasteiger partial charge on any atom is -0.389 e.